The molecule has 7 heteroatoms. The number of hydrogen-bond donors (Lipinski definition) is 1. The number of amides is 1. The number of ether oxygens (including phenoxy) is 1. The van der Waals surface area contributed by atoms with Crippen molar-refractivity contribution in [2.75, 3.05) is 13.7 Å². The molecule has 116 valence electrons. The topological polar surface area (TPSA) is 83.9 Å². The SMILES string of the molecule is COC(=O)CN1C(=O)C(O)=C(C(C)=O)C1c1cccc(F)c1. The molecule has 1 aromatic carbocycles. The minimum absolute atomic E-state index is 0.167. The van der Waals surface area contributed by atoms with Crippen molar-refractivity contribution in [2.24, 2.45) is 0 Å². The van der Waals surface area contributed by atoms with E-state index >= 15 is 0 Å². The molecule has 0 spiro atoms. The van der Waals surface area contributed by atoms with Crippen LogP contribution < -0.4 is 0 Å². The zero-order chi connectivity index (χ0) is 16.4. The molecule has 22 heavy (non-hydrogen) atoms. The average Bonchev–Trinajstić information content (AvgIpc) is 2.72. The lowest BCUT2D eigenvalue weighted by molar-refractivity contribution is -0.146. The number of hydrogen-bond acceptors (Lipinski definition) is 5. The Hall–Kier alpha value is -2.70. The van der Waals surface area contributed by atoms with Crippen LogP contribution in [-0.2, 0) is 19.1 Å². The zero-order valence-corrected chi connectivity index (χ0v) is 12.0. The maximum atomic E-state index is 13.4. The Balaban J connectivity index is 2.52. The largest absolute Gasteiger partial charge is 0.503 e. The van der Waals surface area contributed by atoms with Crippen molar-refractivity contribution in [1.82, 2.24) is 4.90 Å². The van der Waals surface area contributed by atoms with Crippen molar-refractivity contribution in [3.8, 4) is 0 Å². The second-order valence-electron chi connectivity index (χ2n) is 4.79. The van der Waals surface area contributed by atoms with Gasteiger partial charge in [0.1, 0.15) is 12.4 Å². The molecule has 2 rings (SSSR count). The van der Waals surface area contributed by atoms with Crippen LogP contribution in [0.25, 0.3) is 0 Å². The minimum Gasteiger partial charge on any atom is -0.503 e. The van der Waals surface area contributed by atoms with Gasteiger partial charge in [-0.15, -0.1) is 0 Å². The van der Waals surface area contributed by atoms with Crippen molar-refractivity contribution in [3.05, 3.63) is 47.0 Å². The van der Waals surface area contributed by atoms with Crippen LogP contribution in [0.1, 0.15) is 18.5 Å². The molecule has 0 aromatic heterocycles. The van der Waals surface area contributed by atoms with Gasteiger partial charge in [0.2, 0.25) is 0 Å². The molecular formula is C15H14FNO5. The lowest BCUT2D eigenvalue weighted by atomic mass is 9.97. The molecule has 1 aromatic rings. The molecule has 1 atom stereocenters. The standard InChI is InChI=1S/C15H14FNO5/c1-8(18)12-13(9-4-3-5-10(16)6-9)17(7-11(19)22-2)15(21)14(12)20/h3-6,13,20H,7H2,1-2H3. The van der Waals surface area contributed by atoms with E-state index in [2.05, 4.69) is 4.74 Å². The number of halogens is 1. The maximum absolute atomic E-state index is 13.4. The van der Waals surface area contributed by atoms with Crippen LogP contribution in [0.5, 0.6) is 0 Å². The summed E-state index contributed by atoms with van der Waals surface area (Å²) in [6, 6.07) is 4.25. The predicted molar refractivity (Wildman–Crippen MR) is 73.2 cm³/mol. The van der Waals surface area contributed by atoms with E-state index in [1.165, 1.54) is 25.1 Å². The first-order chi connectivity index (χ1) is 10.4. The van der Waals surface area contributed by atoms with Gasteiger partial charge in [-0.1, -0.05) is 12.1 Å². The minimum atomic E-state index is -1.03. The fourth-order valence-electron chi connectivity index (χ4n) is 2.40. The van der Waals surface area contributed by atoms with Crippen molar-refractivity contribution in [1.29, 1.82) is 0 Å². The number of benzene rings is 1. The quantitative estimate of drug-likeness (QED) is 0.847. The predicted octanol–water partition coefficient (Wildman–Crippen LogP) is 1.28. The molecule has 1 N–H and O–H groups in total. The van der Waals surface area contributed by atoms with Crippen molar-refractivity contribution < 1.29 is 28.6 Å². The molecular weight excluding hydrogens is 293 g/mol. The van der Waals surface area contributed by atoms with Gasteiger partial charge in [-0.2, -0.15) is 0 Å². The van der Waals surface area contributed by atoms with Gasteiger partial charge in [0, 0.05) is 0 Å². The van der Waals surface area contributed by atoms with Crippen LogP contribution in [0, 0.1) is 5.82 Å². The average molecular weight is 307 g/mol. The summed E-state index contributed by atoms with van der Waals surface area (Å²) in [7, 11) is 1.15. The Kier molecular flexibility index (Phi) is 4.25. The molecule has 0 aliphatic carbocycles. The summed E-state index contributed by atoms with van der Waals surface area (Å²) >= 11 is 0. The van der Waals surface area contributed by atoms with Crippen LogP contribution in [0.4, 0.5) is 4.39 Å². The van der Waals surface area contributed by atoms with Crippen LogP contribution in [0.3, 0.4) is 0 Å². The second-order valence-corrected chi connectivity index (χ2v) is 4.79. The fourth-order valence-corrected chi connectivity index (χ4v) is 2.40. The first-order valence-electron chi connectivity index (χ1n) is 6.44. The highest BCUT2D eigenvalue weighted by Crippen LogP contribution is 2.37. The van der Waals surface area contributed by atoms with E-state index in [-0.39, 0.29) is 11.1 Å². The highest BCUT2D eigenvalue weighted by atomic mass is 19.1. The van der Waals surface area contributed by atoms with Gasteiger partial charge in [-0.3, -0.25) is 14.4 Å². The Bertz CT molecular complexity index is 682. The molecule has 0 fully saturated rings. The molecule has 1 unspecified atom stereocenters. The van der Waals surface area contributed by atoms with Crippen LogP contribution in [0.15, 0.2) is 35.6 Å². The first kappa shape index (κ1) is 15.7. The number of ketones is 1. The van der Waals surface area contributed by atoms with Crippen LogP contribution >= 0.6 is 0 Å². The van der Waals surface area contributed by atoms with Crippen LogP contribution in [0.2, 0.25) is 0 Å². The highest BCUT2D eigenvalue weighted by Gasteiger charge is 2.43. The Morgan fingerprint density at radius 1 is 1.41 bits per heavy atom. The summed E-state index contributed by atoms with van der Waals surface area (Å²) in [5.41, 5.74) is 0.117. The number of carbonyl (C=O) groups excluding carboxylic acids is 3. The lowest BCUT2D eigenvalue weighted by Crippen LogP contribution is -2.36. The number of carbonyl (C=O) groups is 3. The fraction of sp³-hybridized carbons (Fsp3) is 0.267. The summed E-state index contributed by atoms with van der Waals surface area (Å²) in [6.07, 6.45) is 0. The highest BCUT2D eigenvalue weighted by molar-refractivity contribution is 6.08. The van der Waals surface area contributed by atoms with E-state index in [1.54, 1.807) is 0 Å². The molecule has 0 saturated carbocycles. The molecule has 0 radical (unpaired) electrons. The molecule has 1 amide bonds. The molecule has 0 saturated heterocycles. The summed E-state index contributed by atoms with van der Waals surface area (Å²) in [4.78, 5) is 36.3. The zero-order valence-electron chi connectivity index (χ0n) is 12.0. The Labute approximate surface area is 125 Å². The third-order valence-electron chi connectivity index (χ3n) is 3.37. The van der Waals surface area contributed by atoms with Gasteiger partial charge < -0.3 is 14.7 Å². The van der Waals surface area contributed by atoms with E-state index in [0.29, 0.717) is 0 Å². The summed E-state index contributed by atoms with van der Waals surface area (Å²) in [6.45, 7) is 0.726. The monoisotopic (exact) mass is 307 g/mol. The van der Waals surface area contributed by atoms with Crippen molar-refractivity contribution >= 4 is 17.7 Å². The van der Waals surface area contributed by atoms with Crippen molar-refractivity contribution in [3.63, 3.8) is 0 Å². The number of rotatable bonds is 4. The Morgan fingerprint density at radius 3 is 2.64 bits per heavy atom. The number of esters is 1. The van der Waals surface area contributed by atoms with E-state index in [1.807, 2.05) is 0 Å². The third-order valence-corrected chi connectivity index (χ3v) is 3.37. The molecule has 0 bridgehead atoms. The van der Waals surface area contributed by atoms with E-state index in [4.69, 9.17) is 0 Å². The normalized spacial score (nSPS) is 17.9. The van der Waals surface area contributed by atoms with E-state index in [0.717, 1.165) is 18.1 Å². The summed E-state index contributed by atoms with van der Waals surface area (Å²) in [5.74, 6) is -3.41. The van der Waals surface area contributed by atoms with E-state index in [9.17, 15) is 23.9 Å². The third kappa shape index (κ3) is 2.69. The van der Waals surface area contributed by atoms with Gasteiger partial charge in [-0.25, -0.2) is 4.39 Å². The van der Waals surface area contributed by atoms with Crippen molar-refractivity contribution in [2.45, 2.75) is 13.0 Å². The number of nitrogens with zero attached hydrogens (tertiary/aromatic N) is 1. The second kappa shape index (κ2) is 5.97. The van der Waals surface area contributed by atoms with E-state index < -0.39 is 41.8 Å². The number of aliphatic hydroxyl groups is 1. The van der Waals surface area contributed by atoms with Gasteiger partial charge in [0.25, 0.3) is 5.91 Å². The molecule has 6 nitrogen and oxygen atoms in total. The summed E-state index contributed by atoms with van der Waals surface area (Å²) in [5, 5.41) is 9.91. The molecule has 1 aliphatic rings. The molecule has 1 aliphatic heterocycles. The number of methoxy groups -OCH3 is 1. The van der Waals surface area contributed by atoms with Gasteiger partial charge in [0.05, 0.1) is 18.7 Å². The van der Waals surface area contributed by atoms with Gasteiger partial charge >= 0.3 is 5.97 Å². The number of aliphatic hydroxyl groups excluding tert-OH is 1. The maximum Gasteiger partial charge on any atom is 0.325 e. The number of Topliss-reactive ketones (excluding diaryl/α,β-unsaturated/α-hetero) is 1. The summed E-state index contributed by atoms with van der Waals surface area (Å²) < 4.78 is 17.9. The van der Waals surface area contributed by atoms with Crippen LogP contribution in [-0.4, -0.2) is 41.3 Å². The smallest absolute Gasteiger partial charge is 0.325 e. The van der Waals surface area contributed by atoms with Gasteiger partial charge in [-0.05, 0) is 24.6 Å². The molecule has 1 heterocycles. The lowest BCUT2D eigenvalue weighted by Gasteiger charge is -2.25. The van der Waals surface area contributed by atoms with Gasteiger partial charge in [0.15, 0.2) is 11.5 Å². The first-order valence-corrected chi connectivity index (χ1v) is 6.44. The Morgan fingerprint density at radius 2 is 2.09 bits per heavy atom.